The van der Waals surface area contributed by atoms with E-state index in [4.69, 9.17) is 4.74 Å². The summed E-state index contributed by atoms with van der Waals surface area (Å²) in [5.74, 6) is -0.798. The molecule has 0 radical (unpaired) electrons. The van der Waals surface area contributed by atoms with Gasteiger partial charge >= 0.3 is 5.97 Å². The monoisotopic (exact) mass is 276 g/mol. The molecule has 0 aliphatic heterocycles. The Labute approximate surface area is 121 Å². The molecule has 1 unspecified atom stereocenters. The summed E-state index contributed by atoms with van der Waals surface area (Å²) in [7, 11) is 0. The fourth-order valence-electron chi connectivity index (χ4n) is 2.12. The van der Waals surface area contributed by atoms with E-state index in [2.05, 4.69) is 13.8 Å². The van der Waals surface area contributed by atoms with Crippen molar-refractivity contribution in [2.24, 2.45) is 5.92 Å². The Kier molecular flexibility index (Phi) is 6.43. The van der Waals surface area contributed by atoms with Gasteiger partial charge in [-0.1, -0.05) is 51.5 Å². The molecule has 1 rings (SSSR count). The van der Waals surface area contributed by atoms with E-state index in [1.54, 1.807) is 19.1 Å². The van der Waals surface area contributed by atoms with Gasteiger partial charge in [0.2, 0.25) is 0 Å². The highest BCUT2D eigenvalue weighted by molar-refractivity contribution is 6.08. The van der Waals surface area contributed by atoms with E-state index in [9.17, 15) is 9.59 Å². The van der Waals surface area contributed by atoms with Gasteiger partial charge in [0.05, 0.1) is 6.61 Å². The Hall–Kier alpha value is -1.64. The van der Waals surface area contributed by atoms with Crippen molar-refractivity contribution in [3.8, 4) is 0 Å². The van der Waals surface area contributed by atoms with Crippen molar-refractivity contribution >= 4 is 11.8 Å². The summed E-state index contributed by atoms with van der Waals surface area (Å²) in [5.41, 5.74) is 1.77. The zero-order valence-corrected chi connectivity index (χ0v) is 12.8. The molecule has 0 aromatic heterocycles. The van der Waals surface area contributed by atoms with E-state index < -0.39 is 11.9 Å². The highest BCUT2D eigenvalue weighted by Gasteiger charge is 2.27. The van der Waals surface area contributed by atoms with Crippen molar-refractivity contribution < 1.29 is 14.3 Å². The highest BCUT2D eigenvalue weighted by atomic mass is 16.5. The molecule has 1 aromatic carbocycles. The number of hydrogen-bond donors (Lipinski definition) is 0. The molecule has 0 saturated heterocycles. The number of Topliss-reactive ketones (excluding diaryl/α,β-unsaturated/α-hetero) is 1. The Morgan fingerprint density at radius 2 is 1.70 bits per heavy atom. The second-order valence-corrected chi connectivity index (χ2v) is 5.23. The summed E-state index contributed by atoms with van der Waals surface area (Å²) >= 11 is 0. The number of ether oxygens (including phenoxy) is 1. The van der Waals surface area contributed by atoms with Gasteiger partial charge in [-0.25, -0.2) is 0 Å². The molecular weight excluding hydrogens is 252 g/mol. The summed E-state index contributed by atoms with van der Waals surface area (Å²) < 4.78 is 5.00. The van der Waals surface area contributed by atoms with Crippen LogP contribution >= 0.6 is 0 Å². The van der Waals surface area contributed by atoms with E-state index in [1.807, 2.05) is 19.1 Å². The Morgan fingerprint density at radius 1 is 1.10 bits per heavy atom. The van der Waals surface area contributed by atoms with E-state index in [0.29, 0.717) is 24.5 Å². The lowest BCUT2D eigenvalue weighted by Crippen LogP contribution is -2.26. The molecule has 1 atom stereocenters. The van der Waals surface area contributed by atoms with Crippen LogP contribution in [0.2, 0.25) is 0 Å². The fraction of sp³-hybridized carbons (Fsp3) is 0.529. The number of hydrogen-bond acceptors (Lipinski definition) is 3. The highest BCUT2D eigenvalue weighted by Crippen LogP contribution is 2.19. The molecule has 0 amide bonds. The minimum atomic E-state index is -0.676. The maximum atomic E-state index is 12.4. The zero-order chi connectivity index (χ0) is 15.1. The van der Waals surface area contributed by atoms with Gasteiger partial charge in [-0.3, -0.25) is 9.59 Å². The molecule has 3 heteroatoms. The molecule has 0 N–H and O–H groups in total. The molecule has 3 nitrogen and oxygen atoms in total. The van der Waals surface area contributed by atoms with Crippen LogP contribution in [0, 0.1) is 5.92 Å². The quantitative estimate of drug-likeness (QED) is 0.430. The van der Waals surface area contributed by atoms with Gasteiger partial charge in [0.1, 0.15) is 5.92 Å². The van der Waals surface area contributed by atoms with E-state index >= 15 is 0 Å². The molecule has 0 heterocycles. The normalized spacial score (nSPS) is 12.2. The summed E-state index contributed by atoms with van der Waals surface area (Å²) in [5, 5.41) is 0. The average Bonchev–Trinajstić information content (AvgIpc) is 2.44. The number of benzene rings is 1. The standard InChI is InChI=1S/C17H24O3/c1-5-7-15(17(19)20-6-2)16(18)14-10-8-13(9-11-14)12(3)4/h8-12,15H,5-7H2,1-4H3. The lowest BCUT2D eigenvalue weighted by atomic mass is 9.92. The molecule has 0 spiro atoms. The molecule has 1 aromatic rings. The Morgan fingerprint density at radius 3 is 2.15 bits per heavy atom. The molecule has 110 valence electrons. The molecular formula is C17H24O3. The van der Waals surface area contributed by atoms with E-state index in [0.717, 1.165) is 6.42 Å². The molecule has 0 fully saturated rings. The summed E-state index contributed by atoms with van der Waals surface area (Å²) in [6, 6.07) is 7.51. The van der Waals surface area contributed by atoms with Crippen LogP contribution in [0.5, 0.6) is 0 Å². The van der Waals surface area contributed by atoms with Crippen molar-refractivity contribution in [2.45, 2.75) is 46.5 Å². The van der Waals surface area contributed by atoms with Crippen molar-refractivity contribution in [3.63, 3.8) is 0 Å². The second-order valence-electron chi connectivity index (χ2n) is 5.23. The number of ketones is 1. The second kappa shape index (κ2) is 7.83. The van der Waals surface area contributed by atoms with Crippen LogP contribution in [0.3, 0.4) is 0 Å². The number of esters is 1. The van der Waals surface area contributed by atoms with Crippen LogP contribution in [0.15, 0.2) is 24.3 Å². The van der Waals surface area contributed by atoms with Crippen LogP contribution in [-0.2, 0) is 9.53 Å². The third-order valence-corrected chi connectivity index (χ3v) is 3.33. The first-order chi connectivity index (χ1) is 9.51. The summed E-state index contributed by atoms with van der Waals surface area (Å²) in [6.45, 7) is 8.23. The summed E-state index contributed by atoms with van der Waals surface area (Å²) in [6.07, 6.45) is 1.31. The smallest absolute Gasteiger partial charge is 0.316 e. The minimum Gasteiger partial charge on any atom is -0.465 e. The van der Waals surface area contributed by atoms with Crippen LogP contribution in [0.1, 0.15) is 62.4 Å². The molecule has 0 bridgehead atoms. The number of carbonyl (C=O) groups excluding carboxylic acids is 2. The van der Waals surface area contributed by atoms with Crippen LogP contribution in [0.25, 0.3) is 0 Å². The van der Waals surface area contributed by atoms with Gasteiger partial charge in [-0.05, 0) is 24.8 Å². The predicted molar refractivity (Wildman–Crippen MR) is 79.9 cm³/mol. The third kappa shape index (κ3) is 4.19. The summed E-state index contributed by atoms with van der Waals surface area (Å²) in [4.78, 5) is 24.3. The predicted octanol–water partition coefficient (Wildman–Crippen LogP) is 3.97. The Bertz CT molecular complexity index is 446. The third-order valence-electron chi connectivity index (χ3n) is 3.33. The number of carbonyl (C=O) groups is 2. The van der Waals surface area contributed by atoms with Crippen molar-refractivity contribution in [2.75, 3.05) is 6.61 Å². The van der Waals surface area contributed by atoms with Gasteiger partial charge in [-0.15, -0.1) is 0 Å². The van der Waals surface area contributed by atoms with Gasteiger partial charge in [0.25, 0.3) is 0 Å². The van der Waals surface area contributed by atoms with E-state index in [-0.39, 0.29) is 5.78 Å². The topological polar surface area (TPSA) is 43.4 Å². The van der Waals surface area contributed by atoms with Gasteiger partial charge < -0.3 is 4.74 Å². The molecule has 0 aliphatic rings. The van der Waals surface area contributed by atoms with Crippen LogP contribution in [0.4, 0.5) is 0 Å². The minimum absolute atomic E-state index is 0.138. The van der Waals surface area contributed by atoms with Crippen LogP contribution < -0.4 is 0 Å². The van der Waals surface area contributed by atoms with Gasteiger partial charge in [-0.2, -0.15) is 0 Å². The Balaban J connectivity index is 2.91. The molecule has 0 saturated carbocycles. The lowest BCUT2D eigenvalue weighted by molar-refractivity contribution is -0.146. The number of rotatable bonds is 7. The van der Waals surface area contributed by atoms with Crippen molar-refractivity contribution in [3.05, 3.63) is 35.4 Å². The van der Waals surface area contributed by atoms with Gasteiger partial charge in [0.15, 0.2) is 5.78 Å². The lowest BCUT2D eigenvalue weighted by Gasteiger charge is -2.14. The fourth-order valence-corrected chi connectivity index (χ4v) is 2.12. The maximum Gasteiger partial charge on any atom is 0.316 e. The SMILES string of the molecule is CCCC(C(=O)OCC)C(=O)c1ccc(C(C)C)cc1. The van der Waals surface area contributed by atoms with Crippen molar-refractivity contribution in [1.82, 2.24) is 0 Å². The first kappa shape index (κ1) is 16.4. The zero-order valence-electron chi connectivity index (χ0n) is 12.8. The molecule has 20 heavy (non-hydrogen) atoms. The van der Waals surface area contributed by atoms with Crippen molar-refractivity contribution in [1.29, 1.82) is 0 Å². The largest absolute Gasteiger partial charge is 0.465 e. The maximum absolute atomic E-state index is 12.4. The van der Waals surface area contributed by atoms with Gasteiger partial charge in [0, 0.05) is 5.56 Å². The van der Waals surface area contributed by atoms with Crippen LogP contribution in [-0.4, -0.2) is 18.4 Å². The first-order valence-electron chi connectivity index (χ1n) is 7.32. The molecule has 0 aliphatic carbocycles. The first-order valence-corrected chi connectivity index (χ1v) is 7.32. The average molecular weight is 276 g/mol. The van der Waals surface area contributed by atoms with E-state index in [1.165, 1.54) is 5.56 Å².